The van der Waals surface area contributed by atoms with E-state index in [4.69, 9.17) is 0 Å². The molecule has 0 aliphatic rings. The number of benzene rings is 1. The summed E-state index contributed by atoms with van der Waals surface area (Å²) < 4.78 is 0. The minimum absolute atomic E-state index is 0.204. The molecule has 1 aromatic carbocycles. The lowest BCUT2D eigenvalue weighted by Crippen LogP contribution is -2.11. The normalized spacial score (nSPS) is 10.6. The summed E-state index contributed by atoms with van der Waals surface area (Å²) >= 11 is 1.37. The number of H-pyrrole nitrogens is 1. The van der Waals surface area contributed by atoms with Crippen molar-refractivity contribution in [2.75, 3.05) is 5.32 Å². The maximum absolute atomic E-state index is 11.9. The van der Waals surface area contributed by atoms with Crippen molar-refractivity contribution in [3.63, 3.8) is 0 Å². The lowest BCUT2D eigenvalue weighted by molar-refractivity contribution is 0.102. The summed E-state index contributed by atoms with van der Waals surface area (Å²) in [5, 5.41) is 15.4. The molecule has 0 spiro atoms. The maximum atomic E-state index is 11.9. The zero-order chi connectivity index (χ0) is 11.7. The van der Waals surface area contributed by atoms with Crippen LogP contribution in [0.5, 0.6) is 0 Å². The van der Waals surface area contributed by atoms with Gasteiger partial charge in [0.25, 0.3) is 5.91 Å². The van der Waals surface area contributed by atoms with Crippen molar-refractivity contribution < 1.29 is 4.79 Å². The first-order valence-electron chi connectivity index (χ1n) is 4.84. The summed E-state index contributed by atoms with van der Waals surface area (Å²) in [6.07, 6.45) is 1.64. The van der Waals surface area contributed by atoms with Crippen molar-refractivity contribution in [3.05, 3.63) is 35.3 Å². The van der Waals surface area contributed by atoms with E-state index in [1.807, 2.05) is 0 Å². The first kappa shape index (κ1) is 9.91. The Labute approximate surface area is 99.7 Å². The second-order valence-electron chi connectivity index (χ2n) is 3.32. The number of carbonyl (C=O) groups excluding carboxylic acids is 1. The zero-order valence-corrected chi connectivity index (χ0v) is 9.36. The van der Waals surface area contributed by atoms with Gasteiger partial charge < -0.3 is 0 Å². The third kappa shape index (κ3) is 1.87. The molecule has 2 heterocycles. The fourth-order valence-corrected chi connectivity index (χ4v) is 1.96. The number of rotatable bonds is 2. The predicted octanol–water partition coefficient (Wildman–Crippen LogP) is 1.67. The third-order valence-corrected chi connectivity index (χ3v) is 2.92. The minimum atomic E-state index is -0.204. The van der Waals surface area contributed by atoms with E-state index in [1.165, 1.54) is 11.3 Å². The summed E-state index contributed by atoms with van der Waals surface area (Å²) in [5.74, 6) is -0.204. The predicted molar refractivity (Wildman–Crippen MR) is 64.0 cm³/mol. The molecule has 7 heteroatoms. The second kappa shape index (κ2) is 3.95. The highest BCUT2D eigenvalue weighted by Crippen LogP contribution is 2.14. The number of hydrogen-bond acceptors (Lipinski definition) is 5. The Morgan fingerprint density at radius 2 is 2.18 bits per heavy atom. The van der Waals surface area contributed by atoms with Gasteiger partial charge in [0.2, 0.25) is 0 Å². The number of anilines is 1. The number of carbonyl (C=O) groups is 1. The van der Waals surface area contributed by atoms with Crippen LogP contribution in [0.4, 0.5) is 5.13 Å². The van der Waals surface area contributed by atoms with E-state index in [2.05, 4.69) is 25.7 Å². The Hall–Kier alpha value is -2.28. The molecule has 0 saturated carbocycles. The van der Waals surface area contributed by atoms with Crippen LogP contribution in [0.3, 0.4) is 0 Å². The number of amides is 1. The molecular weight excluding hydrogens is 238 g/mol. The molecule has 6 nitrogen and oxygen atoms in total. The Bertz CT molecular complexity index is 660. The highest BCUT2D eigenvalue weighted by molar-refractivity contribution is 7.13. The van der Waals surface area contributed by atoms with Crippen molar-refractivity contribution in [2.45, 2.75) is 0 Å². The number of nitrogens with one attached hydrogen (secondary N) is 2. The SMILES string of the molecule is O=C(Nc1nccs1)c1ccc2n[nH]nc2c1. The lowest BCUT2D eigenvalue weighted by Gasteiger charge is -2.00. The molecule has 3 rings (SSSR count). The van der Waals surface area contributed by atoms with Gasteiger partial charge in [-0.15, -0.1) is 11.3 Å². The van der Waals surface area contributed by atoms with Crippen LogP contribution in [0.2, 0.25) is 0 Å². The molecular formula is C10H7N5OS. The lowest BCUT2D eigenvalue weighted by atomic mass is 10.2. The summed E-state index contributed by atoms with van der Waals surface area (Å²) in [6.45, 7) is 0. The number of hydrogen-bond donors (Lipinski definition) is 2. The average molecular weight is 245 g/mol. The molecule has 0 unspecified atom stereocenters. The van der Waals surface area contributed by atoms with E-state index < -0.39 is 0 Å². The average Bonchev–Trinajstić information content (AvgIpc) is 2.97. The van der Waals surface area contributed by atoms with Gasteiger partial charge in [-0.05, 0) is 18.2 Å². The molecule has 0 radical (unpaired) electrons. The van der Waals surface area contributed by atoms with Crippen molar-refractivity contribution in [1.82, 2.24) is 20.4 Å². The Kier molecular flexibility index (Phi) is 2.30. The van der Waals surface area contributed by atoms with Crippen molar-refractivity contribution >= 4 is 33.4 Å². The quantitative estimate of drug-likeness (QED) is 0.719. The molecule has 0 aliphatic heterocycles. The van der Waals surface area contributed by atoms with Gasteiger partial charge in [-0.3, -0.25) is 10.1 Å². The van der Waals surface area contributed by atoms with Crippen LogP contribution in [0, 0.1) is 0 Å². The number of aromatic nitrogens is 4. The van der Waals surface area contributed by atoms with E-state index in [0.717, 1.165) is 5.52 Å². The van der Waals surface area contributed by atoms with Gasteiger partial charge in [-0.25, -0.2) is 4.98 Å². The first-order chi connectivity index (χ1) is 8.33. The van der Waals surface area contributed by atoms with Crippen LogP contribution >= 0.6 is 11.3 Å². The van der Waals surface area contributed by atoms with Crippen LogP contribution in [-0.2, 0) is 0 Å². The first-order valence-corrected chi connectivity index (χ1v) is 5.72. The van der Waals surface area contributed by atoms with Gasteiger partial charge in [0.1, 0.15) is 11.0 Å². The number of nitrogens with zero attached hydrogens (tertiary/aromatic N) is 3. The number of aromatic amines is 1. The number of fused-ring (bicyclic) bond motifs is 1. The topological polar surface area (TPSA) is 83.6 Å². The highest BCUT2D eigenvalue weighted by atomic mass is 32.1. The molecule has 0 atom stereocenters. The monoisotopic (exact) mass is 245 g/mol. The summed E-state index contributed by atoms with van der Waals surface area (Å²) in [4.78, 5) is 15.9. The summed E-state index contributed by atoms with van der Waals surface area (Å²) in [6, 6.07) is 5.13. The standard InChI is InChI=1S/C10H7N5OS/c16-9(12-10-11-3-4-17-10)6-1-2-7-8(5-6)14-15-13-7/h1-5H,(H,11,12,16)(H,13,14,15). The third-order valence-electron chi connectivity index (χ3n) is 2.23. The molecule has 2 aromatic heterocycles. The summed E-state index contributed by atoms with van der Waals surface area (Å²) in [7, 11) is 0. The molecule has 2 N–H and O–H groups in total. The smallest absolute Gasteiger partial charge is 0.257 e. The van der Waals surface area contributed by atoms with Gasteiger partial charge in [0.05, 0.1) is 0 Å². The van der Waals surface area contributed by atoms with Crippen molar-refractivity contribution in [1.29, 1.82) is 0 Å². The maximum Gasteiger partial charge on any atom is 0.257 e. The fourth-order valence-electron chi connectivity index (χ4n) is 1.44. The van der Waals surface area contributed by atoms with Gasteiger partial charge in [-0.2, -0.15) is 15.4 Å². The van der Waals surface area contributed by atoms with Crippen LogP contribution in [-0.4, -0.2) is 26.3 Å². The van der Waals surface area contributed by atoms with Crippen LogP contribution in [0.15, 0.2) is 29.8 Å². The van der Waals surface area contributed by atoms with E-state index in [-0.39, 0.29) is 5.91 Å². The van der Waals surface area contributed by atoms with Gasteiger partial charge >= 0.3 is 0 Å². The Balaban J connectivity index is 1.90. The largest absolute Gasteiger partial charge is 0.298 e. The van der Waals surface area contributed by atoms with Crippen LogP contribution in [0.1, 0.15) is 10.4 Å². The Morgan fingerprint density at radius 1 is 1.29 bits per heavy atom. The molecule has 0 fully saturated rings. The molecule has 0 saturated heterocycles. The molecule has 1 amide bonds. The fraction of sp³-hybridized carbons (Fsp3) is 0. The molecule has 17 heavy (non-hydrogen) atoms. The minimum Gasteiger partial charge on any atom is -0.298 e. The van der Waals surface area contributed by atoms with E-state index >= 15 is 0 Å². The van der Waals surface area contributed by atoms with E-state index in [0.29, 0.717) is 16.2 Å². The highest BCUT2D eigenvalue weighted by Gasteiger charge is 2.09. The Morgan fingerprint density at radius 3 is 3.00 bits per heavy atom. The van der Waals surface area contributed by atoms with Crippen LogP contribution < -0.4 is 5.32 Å². The van der Waals surface area contributed by atoms with Gasteiger partial charge in [-0.1, -0.05) is 0 Å². The van der Waals surface area contributed by atoms with Crippen LogP contribution in [0.25, 0.3) is 11.0 Å². The molecule has 84 valence electrons. The van der Waals surface area contributed by atoms with Crippen molar-refractivity contribution in [3.8, 4) is 0 Å². The molecule has 0 bridgehead atoms. The van der Waals surface area contributed by atoms with E-state index in [9.17, 15) is 4.79 Å². The molecule has 0 aliphatic carbocycles. The van der Waals surface area contributed by atoms with Crippen molar-refractivity contribution in [2.24, 2.45) is 0 Å². The van der Waals surface area contributed by atoms with Gasteiger partial charge in [0, 0.05) is 17.1 Å². The van der Waals surface area contributed by atoms with Gasteiger partial charge in [0.15, 0.2) is 5.13 Å². The van der Waals surface area contributed by atoms with E-state index in [1.54, 1.807) is 29.8 Å². The number of thiazole rings is 1. The molecule has 3 aromatic rings. The second-order valence-corrected chi connectivity index (χ2v) is 4.21. The zero-order valence-electron chi connectivity index (χ0n) is 8.54. The summed E-state index contributed by atoms with van der Waals surface area (Å²) in [5.41, 5.74) is 1.93.